The Labute approximate surface area is 220 Å². The standard InChI is InChI=1S/C25H23F2N5O7/c26-25(27)11-15(12-28)31(14-25)22(35)13-30-24(37)17-7-8-29-19-4-3-16(10-18(17)19)38-9-1-2-23(36)39-32-20(33)5-6-21(32)34/h3-4,7-8,10,15H,1-2,5-6,9,11,13-14H2,(H,30,37)/t15-/m0/s1. The van der Waals surface area contributed by atoms with E-state index in [-0.39, 0.29) is 37.9 Å². The molecule has 204 valence electrons. The summed E-state index contributed by atoms with van der Waals surface area (Å²) < 4.78 is 32.9. The molecule has 14 heteroatoms. The van der Waals surface area contributed by atoms with Crippen molar-refractivity contribution < 1.29 is 42.3 Å². The minimum atomic E-state index is -3.16. The van der Waals surface area contributed by atoms with E-state index in [1.54, 1.807) is 24.3 Å². The number of halogens is 2. The monoisotopic (exact) mass is 543 g/mol. The number of amides is 4. The van der Waals surface area contributed by atoms with Crippen molar-refractivity contribution in [2.75, 3.05) is 19.7 Å². The third-order valence-corrected chi connectivity index (χ3v) is 6.09. The summed E-state index contributed by atoms with van der Waals surface area (Å²) in [6, 6.07) is 6.60. The quantitative estimate of drug-likeness (QED) is 0.365. The molecular weight excluding hydrogens is 520 g/mol. The fourth-order valence-corrected chi connectivity index (χ4v) is 4.17. The van der Waals surface area contributed by atoms with Gasteiger partial charge in [-0.05, 0) is 30.7 Å². The van der Waals surface area contributed by atoms with Crippen LogP contribution in [-0.2, 0) is 24.0 Å². The van der Waals surface area contributed by atoms with Crippen molar-refractivity contribution >= 4 is 40.5 Å². The summed E-state index contributed by atoms with van der Waals surface area (Å²) in [4.78, 5) is 69.9. The number of imide groups is 1. The molecule has 2 fully saturated rings. The summed E-state index contributed by atoms with van der Waals surface area (Å²) in [5.74, 6) is -6.14. The molecule has 4 rings (SSSR count). The SMILES string of the molecule is N#C[C@@H]1CC(F)(F)CN1C(=O)CNC(=O)c1ccnc2ccc(OCCCC(=O)ON3C(=O)CCC3=O)cc12. The van der Waals surface area contributed by atoms with E-state index in [1.165, 1.54) is 12.3 Å². The number of hydroxylamine groups is 2. The summed E-state index contributed by atoms with van der Waals surface area (Å²) in [5.41, 5.74) is 0.610. The van der Waals surface area contributed by atoms with Crippen molar-refractivity contribution in [2.45, 2.75) is 44.1 Å². The highest BCUT2D eigenvalue weighted by Crippen LogP contribution is 2.31. The topological polar surface area (TPSA) is 159 Å². The molecule has 39 heavy (non-hydrogen) atoms. The van der Waals surface area contributed by atoms with Crippen molar-refractivity contribution in [3.63, 3.8) is 0 Å². The Hall–Kier alpha value is -4.67. The van der Waals surface area contributed by atoms with Crippen LogP contribution in [0.1, 0.15) is 42.5 Å². The third kappa shape index (κ3) is 6.43. The maximum atomic E-state index is 13.6. The fourth-order valence-electron chi connectivity index (χ4n) is 4.17. The maximum Gasteiger partial charge on any atom is 0.333 e. The summed E-state index contributed by atoms with van der Waals surface area (Å²) >= 11 is 0. The fraction of sp³-hybridized carbons (Fsp3) is 0.400. The van der Waals surface area contributed by atoms with Crippen LogP contribution in [0.5, 0.6) is 5.75 Å². The molecule has 4 amide bonds. The Kier molecular flexibility index (Phi) is 7.99. The molecule has 1 atom stereocenters. The highest BCUT2D eigenvalue weighted by atomic mass is 19.3. The van der Waals surface area contributed by atoms with Crippen molar-refractivity contribution in [1.29, 1.82) is 5.26 Å². The minimum absolute atomic E-state index is 0.00137. The van der Waals surface area contributed by atoms with Crippen LogP contribution >= 0.6 is 0 Å². The van der Waals surface area contributed by atoms with Gasteiger partial charge in [0.15, 0.2) is 0 Å². The van der Waals surface area contributed by atoms with Crippen molar-refractivity contribution in [3.8, 4) is 11.8 Å². The van der Waals surface area contributed by atoms with Gasteiger partial charge in [0.1, 0.15) is 11.8 Å². The highest BCUT2D eigenvalue weighted by Gasteiger charge is 2.47. The molecule has 0 aliphatic carbocycles. The van der Waals surface area contributed by atoms with Crippen LogP contribution in [0, 0.1) is 11.3 Å². The lowest BCUT2D eigenvalue weighted by molar-refractivity contribution is -0.197. The summed E-state index contributed by atoms with van der Waals surface area (Å²) in [5, 5.41) is 12.3. The number of benzene rings is 1. The first-order valence-corrected chi connectivity index (χ1v) is 12.0. The number of nitrogens with one attached hydrogen (secondary N) is 1. The highest BCUT2D eigenvalue weighted by molar-refractivity contribution is 6.07. The number of rotatable bonds is 9. The number of ether oxygens (including phenoxy) is 1. The van der Waals surface area contributed by atoms with E-state index in [0.29, 0.717) is 21.7 Å². The molecule has 12 nitrogen and oxygen atoms in total. The number of pyridine rings is 1. The number of nitrogens with zero attached hydrogens (tertiary/aromatic N) is 4. The van der Waals surface area contributed by atoms with Gasteiger partial charge in [-0.3, -0.25) is 24.2 Å². The molecule has 2 aliphatic rings. The van der Waals surface area contributed by atoms with E-state index in [1.807, 2.05) is 0 Å². The smallest absolute Gasteiger partial charge is 0.333 e. The van der Waals surface area contributed by atoms with Gasteiger partial charge >= 0.3 is 5.97 Å². The predicted octanol–water partition coefficient (Wildman–Crippen LogP) is 1.49. The Balaban J connectivity index is 1.32. The first kappa shape index (κ1) is 27.4. The zero-order valence-corrected chi connectivity index (χ0v) is 20.5. The number of alkyl halides is 2. The Morgan fingerprint density at radius 2 is 1.92 bits per heavy atom. The number of nitriles is 1. The van der Waals surface area contributed by atoms with Crippen LogP contribution in [0.4, 0.5) is 8.78 Å². The van der Waals surface area contributed by atoms with Gasteiger partial charge in [0.05, 0.1) is 43.3 Å². The zero-order chi connectivity index (χ0) is 28.2. The molecule has 3 heterocycles. The van der Waals surface area contributed by atoms with E-state index in [0.717, 1.165) is 4.90 Å². The number of hydrogen-bond acceptors (Lipinski definition) is 9. The number of fused-ring (bicyclic) bond motifs is 1. The Morgan fingerprint density at radius 3 is 2.64 bits per heavy atom. The molecule has 0 radical (unpaired) electrons. The van der Waals surface area contributed by atoms with E-state index < -0.39 is 61.1 Å². The first-order valence-electron chi connectivity index (χ1n) is 12.0. The van der Waals surface area contributed by atoms with Crippen molar-refractivity contribution in [3.05, 3.63) is 36.0 Å². The molecule has 2 saturated heterocycles. The van der Waals surface area contributed by atoms with E-state index >= 15 is 0 Å². The normalized spacial score (nSPS) is 18.2. The van der Waals surface area contributed by atoms with Crippen LogP contribution in [-0.4, -0.2) is 76.2 Å². The molecule has 2 aromatic rings. The van der Waals surface area contributed by atoms with Crippen LogP contribution in [0.25, 0.3) is 10.9 Å². The number of carbonyl (C=O) groups is 5. The average Bonchev–Trinajstić information content (AvgIpc) is 3.41. The molecular formula is C25H23F2N5O7. The molecule has 0 saturated carbocycles. The van der Waals surface area contributed by atoms with E-state index in [4.69, 9.17) is 14.8 Å². The van der Waals surface area contributed by atoms with Crippen LogP contribution in [0.2, 0.25) is 0 Å². The van der Waals surface area contributed by atoms with Gasteiger partial charge in [-0.2, -0.15) is 5.26 Å². The molecule has 0 unspecified atom stereocenters. The summed E-state index contributed by atoms with van der Waals surface area (Å²) in [6.07, 6.45) is 0.759. The Morgan fingerprint density at radius 1 is 1.18 bits per heavy atom. The molecule has 1 aromatic carbocycles. The summed E-state index contributed by atoms with van der Waals surface area (Å²) in [7, 11) is 0. The van der Waals surface area contributed by atoms with Gasteiger partial charge in [-0.25, -0.2) is 13.6 Å². The van der Waals surface area contributed by atoms with Gasteiger partial charge in [0, 0.05) is 30.8 Å². The van der Waals surface area contributed by atoms with Gasteiger partial charge in [0.25, 0.3) is 23.6 Å². The number of hydrogen-bond donors (Lipinski definition) is 1. The predicted molar refractivity (Wildman–Crippen MR) is 127 cm³/mol. The average molecular weight is 543 g/mol. The molecule has 2 aliphatic heterocycles. The number of likely N-dealkylation sites (tertiary alicyclic amines) is 1. The van der Waals surface area contributed by atoms with Crippen molar-refractivity contribution in [1.82, 2.24) is 20.3 Å². The summed E-state index contributed by atoms with van der Waals surface area (Å²) in [6.45, 7) is -1.37. The number of aromatic nitrogens is 1. The zero-order valence-electron chi connectivity index (χ0n) is 20.5. The Bertz CT molecular complexity index is 1360. The largest absolute Gasteiger partial charge is 0.494 e. The third-order valence-electron chi connectivity index (χ3n) is 6.09. The van der Waals surface area contributed by atoms with Crippen LogP contribution < -0.4 is 10.1 Å². The van der Waals surface area contributed by atoms with E-state index in [9.17, 15) is 32.8 Å². The van der Waals surface area contributed by atoms with Crippen molar-refractivity contribution in [2.24, 2.45) is 0 Å². The maximum absolute atomic E-state index is 13.6. The minimum Gasteiger partial charge on any atom is -0.494 e. The second-order valence-electron chi connectivity index (χ2n) is 8.94. The lowest BCUT2D eigenvalue weighted by Gasteiger charge is -2.19. The van der Waals surface area contributed by atoms with E-state index in [2.05, 4.69) is 10.3 Å². The van der Waals surface area contributed by atoms with Gasteiger partial charge < -0.3 is 19.8 Å². The molecule has 0 spiro atoms. The molecule has 1 aromatic heterocycles. The van der Waals surface area contributed by atoms with Gasteiger partial charge in [-0.1, -0.05) is 0 Å². The second kappa shape index (κ2) is 11.4. The number of carbonyl (C=O) groups excluding carboxylic acids is 5. The van der Waals surface area contributed by atoms with Crippen LogP contribution in [0.15, 0.2) is 30.5 Å². The second-order valence-corrected chi connectivity index (χ2v) is 8.94. The van der Waals surface area contributed by atoms with Crippen LogP contribution in [0.3, 0.4) is 0 Å². The van der Waals surface area contributed by atoms with Gasteiger partial charge in [0.2, 0.25) is 5.91 Å². The molecule has 0 bridgehead atoms. The lowest BCUT2D eigenvalue weighted by Crippen LogP contribution is -2.43. The first-order chi connectivity index (χ1) is 18.6. The lowest BCUT2D eigenvalue weighted by atomic mass is 10.1. The molecule has 1 N–H and O–H groups in total. The van der Waals surface area contributed by atoms with Gasteiger partial charge in [-0.15, -0.1) is 5.06 Å².